The van der Waals surface area contributed by atoms with Gasteiger partial charge in [0.15, 0.2) is 11.6 Å². The van der Waals surface area contributed by atoms with Gasteiger partial charge in [0.05, 0.1) is 84.3 Å². The topological polar surface area (TPSA) is 146 Å². The molecule has 0 N–H and O–H groups in total. The van der Waals surface area contributed by atoms with Crippen molar-refractivity contribution in [2.75, 3.05) is 0 Å². The van der Waals surface area contributed by atoms with E-state index in [4.69, 9.17) is 44.9 Å². The highest BCUT2D eigenvalue weighted by Gasteiger charge is 2.28. The van der Waals surface area contributed by atoms with Crippen molar-refractivity contribution >= 4 is 131 Å². The van der Waals surface area contributed by atoms with E-state index in [-0.39, 0.29) is 0 Å². The van der Waals surface area contributed by atoms with Gasteiger partial charge in [0.25, 0.3) is 0 Å². The van der Waals surface area contributed by atoms with Crippen LogP contribution in [0.3, 0.4) is 0 Å². The molecule has 0 bridgehead atoms. The predicted octanol–water partition coefficient (Wildman–Crippen LogP) is 33.2. The van der Waals surface area contributed by atoms with Gasteiger partial charge in [-0.15, -0.1) is 0 Å². The van der Waals surface area contributed by atoms with Crippen molar-refractivity contribution in [3.8, 4) is 136 Å². The average molecular weight is 1920 g/mol. The van der Waals surface area contributed by atoms with Crippen molar-refractivity contribution < 1.29 is 0 Å². The van der Waals surface area contributed by atoms with Crippen molar-refractivity contribution in [2.45, 2.75) is 0 Å². The molecule has 30 rings (SSSR count). The normalized spacial score (nSPS) is 11.6. The number of fused-ring (bicyclic) bond motifs is 18. The van der Waals surface area contributed by atoms with E-state index in [1.807, 2.05) is 122 Å². The molecule has 702 valence electrons. The third kappa shape index (κ3) is 15.1. The Hall–Kier alpha value is -20.6. The Balaban J connectivity index is 0.000000108. The quantitative estimate of drug-likeness (QED) is 0.0979. The van der Waals surface area contributed by atoms with Gasteiger partial charge in [0.2, 0.25) is 5.95 Å². The summed E-state index contributed by atoms with van der Waals surface area (Å²) < 4.78 is 13.6. The number of nitrogens with zero attached hydrogens (tertiary/aromatic N) is 15. The zero-order chi connectivity index (χ0) is 99.1. The van der Waals surface area contributed by atoms with E-state index >= 15 is 0 Å². The monoisotopic (exact) mass is 1920 g/mol. The summed E-state index contributed by atoms with van der Waals surface area (Å²) in [6.07, 6.45) is 7.59. The molecule has 0 amide bonds. The van der Waals surface area contributed by atoms with Gasteiger partial charge in [-0.25, -0.2) is 44.9 Å². The second kappa shape index (κ2) is 37.0. The third-order valence-corrected chi connectivity index (χ3v) is 28.8. The molecule has 0 unspecified atom stereocenters. The van der Waals surface area contributed by atoms with E-state index in [2.05, 4.69) is 434 Å². The average Bonchev–Trinajstić information content (AvgIpc) is 1.57. The molecular weight excluding hydrogens is 1830 g/mol. The SMILES string of the molecule is c1ccc(-c2cc(-c3ccccc3)nc(-n3c4ccccc4c4c(-c5ccc6c(c5)c5cccnc5n6-c5ccccc5)cccc43)n2)cc1.c1ccc(-c2cc(-n3c4ccccc4c4c(-c5ccc6c(c5)c5cccnc5n6-c5ccccc5)cccc43)nc(-c3ccccc3)n2)cc1.c1ccc(-c2ncc(-n3c4ccccc4c4c(-c5ccc6c(c5)c5cccnc5n6-c5ccccc5)cccc43)c(-c3ccccc3)n2)cc1. The fourth-order valence-corrected chi connectivity index (χ4v) is 22.2. The molecule has 0 saturated heterocycles. The fourth-order valence-electron chi connectivity index (χ4n) is 22.2. The Bertz CT molecular complexity index is 9940. The van der Waals surface area contributed by atoms with Crippen LogP contribution in [-0.2, 0) is 0 Å². The number of rotatable bonds is 15. The Morgan fingerprint density at radius 3 is 0.873 bits per heavy atom. The van der Waals surface area contributed by atoms with Gasteiger partial charge in [0.1, 0.15) is 22.8 Å². The molecule has 0 saturated carbocycles. The van der Waals surface area contributed by atoms with Crippen molar-refractivity contribution in [1.82, 2.24) is 72.3 Å². The Kier molecular flexibility index (Phi) is 21.5. The van der Waals surface area contributed by atoms with Crippen LogP contribution in [0.2, 0.25) is 0 Å². The maximum absolute atomic E-state index is 5.22. The molecule has 12 heterocycles. The van der Waals surface area contributed by atoms with Crippen LogP contribution in [0.15, 0.2) is 528 Å². The van der Waals surface area contributed by atoms with Crippen molar-refractivity contribution in [2.24, 2.45) is 0 Å². The Morgan fingerprint density at radius 1 is 0.167 bits per heavy atom. The number of hydrogen-bond donors (Lipinski definition) is 0. The highest BCUT2D eigenvalue weighted by molar-refractivity contribution is 6.21. The highest BCUT2D eigenvalue weighted by Crippen LogP contribution is 2.48. The minimum Gasteiger partial charge on any atom is -0.306 e. The van der Waals surface area contributed by atoms with Gasteiger partial charge in [-0.2, -0.15) is 0 Å². The predicted molar refractivity (Wildman–Crippen MR) is 614 cm³/mol. The first-order chi connectivity index (χ1) is 74.5. The lowest BCUT2D eigenvalue weighted by Gasteiger charge is -2.14. The second-order valence-corrected chi connectivity index (χ2v) is 37.5. The molecule has 150 heavy (non-hydrogen) atoms. The highest BCUT2D eigenvalue weighted by atomic mass is 15.2. The standard InChI is InChI=1S/3C45H29N5/c1-4-14-30(15-5-1)38-29-39(31-16-6-2-7-17-31)48-45(47-38)50-40-23-11-10-20-36(40)43-34(21-12-24-42(43)50)32-25-26-41-37(28-32)35-22-13-27-46-44(35)49(41)33-18-8-3-9-19-33;1-4-14-30(15-5-1)38-29-42(48-44(47-38)31-16-6-2-7-17-31)50-39-23-11-10-20-36(39)43-34(21-12-24-41(43)50)32-25-26-40-37(28-32)35-22-13-27-46-45(35)49(40)33-18-8-3-9-19-33;1-4-14-30(15-5-1)43-41(29-47-44(48-43)31-16-6-2-7-17-31)50-38-23-11-10-20-36(38)42-34(21-12-24-40(42)50)32-25-26-39-37(28-32)35-22-13-27-46-45(35)49(39)33-18-8-3-9-19-33/h3*1-29H. The largest absolute Gasteiger partial charge is 0.306 e. The molecule has 0 aliphatic carbocycles. The minimum absolute atomic E-state index is 0.640. The first-order valence-corrected chi connectivity index (χ1v) is 50.4. The lowest BCUT2D eigenvalue weighted by atomic mass is 9.98. The first kappa shape index (κ1) is 87.3. The van der Waals surface area contributed by atoms with Crippen LogP contribution in [0.25, 0.3) is 267 Å². The summed E-state index contributed by atoms with van der Waals surface area (Å²) in [5.41, 5.74) is 33.6. The van der Waals surface area contributed by atoms with Gasteiger partial charge in [-0.1, -0.05) is 346 Å². The molecule has 0 atom stereocenters. The molecule has 12 aromatic heterocycles. The number of para-hydroxylation sites is 6. The van der Waals surface area contributed by atoms with Gasteiger partial charge >= 0.3 is 0 Å². The maximum atomic E-state index is 5.22. The van der Waals surface area contributed by atoms with Gasteiger partial charge in [-0.05, 0) is 185 Å². The molecule has 0 radical (unpaired) electrons. The van der Waals surface area contributed by atoms with E-state index in [1.54, 1.807) is 0 Å². The number of benzene rings is 18. The molecule has 15 heteroatoms. The lowest BCUT2D eigenvalue weighted by Crippen LogP contribution is -2.04. The summed E-state index contributed by atoms with van der Waals surface area (Å²) in [6.45, 7) is 0. The minimum atomic E-state index is 0.640. The molecule has 0 aliphatic heterocycles. The number of aromatic nitrogens is 15. The summed E-state index contributed by atoms with van der Waals surface area (Å²) in [6, 6.07) is 176. The molecule has 15 nitrogen and oxygen atoms in total. The van der Waals surface area contributed by atoms with E-state index in [0.717, 1.165) is 195 Å². The lowest BCUT2D eigenvalue weighted by molar-refractivity contribution is 0.995. The maximum Gasteiger partial charge on any atom is 0.235 e. The zero-order valence-corrected chi connectivity index (χ0v) is 80.9. The van der Waals surface area contributed by atoms with Crippen molar-refractivity contribution in [1.29, 1.82) is 0 Å². The van der Waals surface area contributed by atoms with Crippen LogP contribution in [0, 0.1) is 0 Å². The second-order valence-electron chi connectivity index (χ2n) is 37.5. The molecule has 30 aromatic rings. The molecular formula is C135H87N15. The van der Waals surface area contributed by atoms with Crippen molar-refractivity contribution in [3.05, 3.63) is 528 Å². The first-order valence-electron chi connectivity index (χ1n) is 50.4. The number of hydrogen-bond acceptors (Lipinski definition) is 9. The van der Waals surface area contributed by atoms with Crippen molar-refractivity contribution in [3.63, 3.8) is 0 Å². The van der Waals surface area contributed by atoms with Crippen LogP contribution in [0.1, 0.15) is 0 Å². The smallest absolute Gasteiger partial charge is 0.235 e. The summed E-state index contributed by atoms with van der Waals surface area (Å²) in [5.74, 6) is 2.86. The summed E-state index contributed by atoms with van der Waals surface area (Å²) in [5, 5.41) is 14.0. The van der Waals surface area contributed by atoms with E-state index < -0.39 is 0 Å². The molecule has 0 spiro atoms. The van der Waals surface area contributed by atoms with E-state index in [1.165, 1.54) is 54.2 Å². The van der Waals surface area contributed by atoms with Crippen LogP contribution in [-0.4, -0.2) is 72.3 Å². The van der Waals surface area contributed by atoms with Crippen LogP contribution in [0.5, 0.6) is 0 Å². The zero-order valence-electron chi connectivity index (χ0n) is 80.9. The van der Waals surface area contributed by atoms with Crippen LogP contribution >= 0.6 is 0 Å². The summed E-state index contributed by atoms with van der Waals surface area (Å²) in [7, 11) is 0. The van der Waals surface area contributed by atoms with E-state index in [9.17, 15) is 0 Å². The van der Waals surface area contributed by atoms with Crippen LogP contribution < -0.4 is 0 Å². The fraction of sp³-hybridized carbons (Fsp3) is 0. The Morgan fingerprint density at radius 2 is 0.473 bits per heavy atom. The van der Waals surface area contributed by atoms with Gasteiger partial charge in [0, 0.05) is 140 Å². The van der Waals surface area contributed by atoms with Gasteiger partial charge < -0.3 is 4.57 Å². The number of pyridine rings is 3. The van der Waals surface area contributed by atoms with Gasteiger partial charge in [-0.3, -0.25) is 22.8 Å². The summed E-state index contributed by atoms with van der Waals surface area (Å²) in [4.78, 5) is 45.4. The third-order valence-electron chi connectivity index (χ3n) is 28.8. The molecule has 0 aliphatic rings. The molecule has 0 fully saturated rings. The van der Waals surface area contributed by atoms with E-state index in [0.29, 0.717) is 17.6 Å². The van der Waals surface area contributed by atoms with Crippen LogP contribution in [0.4, 0.5) is 0 Å². The summed E-state index contributed by atoms with van der Waals surface area (Å²) >= 11 is 0. The molecule has 18 aromatic carbocycles. The Labute approximate surface area is 861 Å².